The quantitative estimate of drug-likeness (QED) is 0.513. The minimum absolute atomic E-state index is 0.108. The van der Waals surface area contributed by atoms with Gasteiger partial charge in [-0.05, 0) is 19.3 Å². The van der Waals surface area contributed by atoms with Crippen LogP contribution in [0.4, 0.5) is 0 Å². The maximum Gasteiger partial charge on any atom is 0.336 e. The second-order valence-electron chi connectivity index (χ2n) is 4.00. The lowest BCUT2D eigenvalue weighted by atomic mass is 9.89. The first-order chi connectivity index (χ1) is 7.58. The molecular formula is C13H24O3. The lowest BCUT2D eigenvalue weighted by Gasteiger charge is -2.22. The normalized spacial score (nSPS) is 14.2. The molecule has 0 radical (unpaired) electrons. The van der Waals surface area contributed by atoms with Crippen LogP contribution in [0, 0.1) is 5.92 Å². The van der Waals surface area contributed by atoms with E-state index in [1.807, 2.05) is 6.92 Å². The van der Waals surface area contributed by atoms with Crippen molar-refractivity contribution in [2.75, 3.05) is 6.61 Å². The summed E-state index contributed by atoms with van der Waals surface area (Å²) in [6.45, 7) is 9.81. The topological polar surface area (TPSA) is 46.5 Å². The zero-order valence-corrected chi connectivity index (χ0v) is 10.7. The Kier molecular flexibility index (Phi) is 7.90. The third kappa shape index (κ3) is 4.79. The van der Waals surface area contributed by atoms with Crippen molar-refractivity contribution in [2.45, 2.75) is 52.6 Å². The lowest BCUT2D eigenvalue weighted by molar-refractivity contribution is -0.140. The highest BCUT2D eigenvalue weighted by Gasteiger charge is 2.24. The smallest absolute Gasteiger partial charge is 0.336 e. The molecule has 94 valence electrons. The average molecular weight is 228 g/mol. The molecule has 0 aliphatic heterocycles. The van der Waals surface area contributed by atoms with Gasteiger partial charge in [-0.15, -0.1) is 0 Å². The van der Waals surface area contributed by atoms with Crippen LogP contribution in [0.3, 0.4) is 0 Å². The Morgan fingerprint density at radius 3 is 2.44 bits per heavy atom. The fourth-order valence-electron chi connectivity index (χ4n) is 1.68. The number of carbonyl (C=O) groups excluding carboxylic acids is 1. The van der Waals surface area contributed by atoms with Gasteiger partial charge in [-0.1, -0.05) is 39.7 Å². The van der Waals surface area contributed by atoms with E-state index in [-0.39, 0.29) is 11.5 Å². The standard InChI is InChI=1S/C13H24O3/c1-5-8-9-11(6-2)12(14)10(4)13(15)16-7-3/h11-12,14H,4-9H2,1-3H3. The van der Waals surface area contributed by atoms with Gasteiger partial charge in [0.2, 0.25) is 0 Å². The predicted molar refractivity (Wildman–Crippen MR) is 65.1 cm³/mol. The molecule has 0 rings (SSSR count). The first-order valence-corrected chi connectivity index (χ1v) is 6.12. The van der Waals surface area contributed by atoms with Crippen LogP contribution < -0.4 is 0 Å². The minimum Gasteiger partial charge on any atom is -0.463 e. The number of hydrogen-bond donors (Lipinski definition) is 1. The van der Waals surface area contributed by atoms with Gasteiger partial charge in [0.05, 0.1) is 18.3 Å². The van der Waals surface area contributed by atoms with Gasteiger partial charge in [0, 0.05) is 0 Å². The lowest BCUT2D eigenvalue weighted by Crippen LogP contribution is -2.27. The van der Waals surface area contributed by atoms with Crippen LogP contribution in [0.25, 0.3) is 0 Å². The second kappa shape index (κ2) is 8.34. The zero-order valence-electron chi connectivity index (χ0n) is 10.7. The molecule has 0 saturated carbocycles. The fraction of sp³-hybridized carbons (Fsp3) is 0.769. The molecule has 3 nitrogen and oxygen atoms in total. The molecule has 1 N–H and O–H groups in total. The van der Waals surface area contributed by atoms with Gasteiger partial charge in [-0.3, -0.25) is 0 Å². The molecule has 16 heavy (non-hydrogen) atoms. The van der Waals surface area contributed by atoms with Crippen LogP contribution in [0.2, 0.25) is 0 Å². The molecule has 0 fully saturated rings. The van der Waals surface area contributed by atoms with Crippen LogP contribution in [0.5, 0.6) is 0 Å². The third-order valence-corrected chi connectivity index (χ3v) is 2.79. The molecule has 0 aromatic rings. The molecule has 0 aliphatic carbocycles. The number of hydrogen-bond acceptors (Lipinski definition) is 3. The summed E-state index contributed by atoms with van der Waals surface area (Å²) >= 11 is 0. The molecule has 0 bridgehead atoms. The number of ether oxygens (including phenoxy) is 1. The van der Waals surface area contributed by atoms with Gasteiger partial charge in [0.1, 0.15) is 0 Å². The number of carbonyl (C=O) groups is 1. The Morgan fingerprint density at radius 2 is 2.00 bits per heavy atom. The van der Waals surface area contributed by atoms with E-state index < -0.39 is 12.1 Å². The predicted octanol–water partition coefficient (Wildman–Crippen LogP) is 2.68. The Labute approximate surface area is 98.5 Å². The number of esters is 1. The molecule has 0 aliphatic rings. The van der Waals surface area contributed by atoms with E-state index in [1.54, 1.807) is 6.92 Å². The second-order valence-corrected chi connectivity index (χ2v) is 4.00. The molecule has 0 saturated heterocycles. The van der Waals surface area contributed by atoms with Gasteiger partial charge in [-0.25, -0.2) is 4.79 Å². The summed E-state index contributed by atoms with van der Waals surface area (Å²) in [7, 11) is 0. The number of aliphatic hydroxyl groups is 1. The summed E-state index contributed by atoms with van der Waals surface area (Å²) in [5.41, 5.74) is 0.185. The molecule has 0 aromatic carbocycles. The Morgan fingerprint density at radius 1 is 1.38 bits per heavy atom. The third-order valence-electron chi connectivity index (χ3n) is 2.79. The molecule has 0 amide bonds. The maximum absolute atomic E-state index is 11.4. The van der Waals surface area contributed by atoms with Crippen molar-refractivity contribution in [2.24, 2.45) is 5.92 Å². The summed E-state index contributed by atoms with van der Waals surface area (Å²) in [6.07, 6.45) is 3.16. The Balaban J connectivity index is 4.31. The van der Waals surface area contributed by atoms with Gasteiger partial charge in [0.15, 0.2) is 0 Å². The van der Waals surface area contributed by atoms with Crippen molar-refractivity contribution < 1.29 is 14.6 Å². The highest BCUT2D eigenvalue weighted by atomic mass is 16.5. The summed E-state index contributed by atoms with van der Waals surface area (Å²) in [5.74, 6) is -0.373. The van der Waals surface area contributed by atoms with Crippen LogP contribution in [-0.4, -0.2) is 23.8 Å². The van der Waals surface area contributed by atoms with Crippen LogP contribution in [-0.2, 0) is 9.53 Å². The van der Waals surface area contributed by atoms with E-state index in [0.717, 1.165) is 25.7 Å². The van der Waals surface area contributed by atoms with Crippen LogP contribution in [0.15, 0.2) is 12.2 Å². The summed E-state index contributed by atoms with van der Waals surface area (Å²) in [4.78, 5) is 11.4. The molecule has 0 heterocycles. The van der Waals surface area contributed by atoms with Crippen molar-refractivity contribution in [1.29, 1.82) is 0 Å². The fourth-order valence-corrected chi connectivity index (χ4v) is 1.68. The molecule has 3 heteroatoms. The molecule has 0 aromatic heterocycles. The highest BCUT2D eigenvalue weighted by molar-refractivity contribution is 5.88. The van der Waals surface area contributed by atoms with Crippen molar-refractivity contribution in [1.82, 2.24) is 0 Å². The maximum atomic E-state index is 11.4. The first-order valence-electron chi connectivity index (χ1n) is 6.12. The van der Waals surface area contributed by atoms with E-state index in [4.69, 9.17) is 4.74 Å². The van der Waals surface area contributed by atoms with Crippen molar-refractivity contribution >= 4 is 5.97 Å². The SMILES string of the molecule is C=C(C(=O)OCC)C(O)C(CC)CCCC. The number of rotatable bonds is 8. The number of aliphatic hydroxyl groups excluding tert-OH is 1. The molecule has 2 unspecified atom stereocenters. The Hall–Kier alpha value is -0.830. The summed E-state index contributed by atoms with van der Waals surface area (Å²) in [5, 5.41) is 10.0. The minimum atomic E-state index is -0.768. The van der Waals surface area contributed by atoms with E-state index >= 15 is 0 Å². The Bertz CT molecular complexity index is 223. The van der Waals surface area contributed by atoms with Gasteiger partial charge in [0.25, 0.3) is 0 Å². The molecule has 0 spiro atoms. The van der Waals surface area contributed by atoms with Crippen molar-refractivity contribution in [3.8, 4) is 0 Å². The zero-order chi connectivity index (χ0) is 12.6. The van der Waals surface area contributed by atoms with Crippen LogP contribution in [0.1, 0.15) is 46.5 Å². The van der Waals surface area contributed by atoms with Crippen LogP contribution >= 0.6 is 0 Å². The summed E-state index contributed by atoms with van der Waals surface area (Å²) in [6, 6.07) is 0. The van der Waals surface area contributed by atoms with E-state index in [9.17, 15) is 9.90 Å². The molecule has 2 atom stereocenters. The molecular weight excluding hydrogens is 204 g/mol. The van der Waals surface area contributed by atoms with Crippen molar-refractivity contribution in [3.63, 3.8) is 0 Å². The monoisotopic (exact) mass is 228 g/mol. The average Bonchev–Trinajstić information content (AvgIpc) is 2.29. The van der Waals surface area contributed by atoms with Crippen molar-refractivity contribution in [3.05, 3.63) is 12.2 Å². The van der Waals surface area contributed by atoms with E-state index in [1.165, 1.54) is 0 Å². The largest absolute Gasteiger partial charge is 0.463 e. The van der Waals surface area contributed by atoms with E-state index in [0.29, 0.717) is 6.61 Å². The highest BCUT2D eigenvalue weighted by Crippen LogP contribution is 2.21. The number of unbranched alkanes of at least 4 members (excludes halogenated alkanes) is 1. The van der Waals surface area contributed by atoms with Gasteiger partial charge < -0.3 is 9.84 Å². The van der Waals surface area contributed by atoms with Gasteiger partial charge in [-0.2, -0.15) is 0 Å². The van der Waals surface area contributed by atoms with E-state index in [2.05, 4.69) is 13.5 Å². The summed E-state index contributed by atoms with van der Waals surface area (Å²) < 4.78 is 4.83. The van der Waals surface area contributed by atoms with Gasteiger partial charge >= 0.3 is 5.97 Å². The first kappa shape index (κ1) is 15.2.